The normalized spacial score (nSPS) is 27.2. The maximum absolute atomic E-state index is 12.4. The van der Waals surface area contributed by atoms with Crippen LogP contribution in [0, 0.1) is 0 Å². The first-order chi connectivity index (χ1) is 8.89. The Morgan fingerprint density at radius 1 is 1.21 bits per heavy atom. The Bertz CT molecular complexity index is 371. The average Bonchev–Trinajstić information content (AvgIpc) is 2.37. The SMILES string of the molecule is CC1(C)CN(C(=O)N2CCOC(C(=O)O)C2)CCO1. The molecule has 19 heavy (non-hydrogen) atoms. The third-order valence-corrected chi connectivity index (χ3v) is 3.31. The van der Waals surface area contributed by atoms with E-state index in [4.69, 9.17) is 14.6 Å². The molecule has 0 spiro atoms. The van der Waals surface area contributed by atoms with E-state index in [0.717, 1.165) is 0 Å². The smallest absolute Gasteiger partial charge is 0.334 e. The zero-order chi connectivity index (χ0) is 14.0. The summed E-state index contributed by atoms with van der Waals surface area (Å²) in [6, 6.07) is -0.133. The number of morpholine rings is 2. The number of hydrogen-bond donors (Lipinski definition) is 1. The van der Waals surface area contributed by atoms with E-state index in [1.54, 1.807) is 9.80 Å². The van der Waals surface area contributed by atoms with Crippen LogP contribution in [0.1, 0.15) is 13.8 Å². The van der Waals surface area contributed by atoms with Crippen LogP contribution in [0.4, 0.5) is 4.79 Å². The van der Waals surface area contributed by atoms with Gasteiger partial charge in [0.25, 0.3) is 0 Å². The van der Waals surface area contributed by atoms with Crippen LogP contribution in [0.25, 0.3) is 0 Å². The first kappa shape index (κ1) is 14.1. The fourth-order valence-electron chi connectivity index (χ4n) is 2.35. The molecule has 0 saturated carbocycles. The van der Waals surface area contributed by atoms with E-state index < -0.39 is 12.1 Å². The van der Waals surface area contributed by atoms with Crippen molar-refractivity contribution in [2.75, 3.05) is 39.4 Å². The third kappa shape index (κ3) is 3.36. The largest absolute Gasteiger partial charge is 0.479 e. The molecule has 0 aliphatic carbocycles. The first-order valence-electron chi connectivity index (χ1n) is 6.41. The Balaban J connectivity index is 1.97. The van der Waals surface area contributed by atoms with Crippen molar-refractivity contribution < 1.29 is 24.2 Å². The Morgan fingerprint density at radius 3 is 2.53 bits per heavy atom. The van der Waals surface area contributed by atoms with Crippen molar-refractivity contribution in [2.45, 2.75) is 25.6 Å². The molecule has 7 nitrogen and oxygen atoms in total. The molecule has 0 radical (unpaired) electrons. The lowest BCUT2D eigenvalue weighted by atomic mass is 10.1. The van der Waals surface area contributed by atoms with E-state index in [-0.39, 0.29) is 24.8 Å². The third-order valence-electron chi connectivity index (χ3n) is 3.31. The number of nitrogens with zero attached hydrogens (tertiary/aromatic N) is 2. The van der Waals surface area contributed by atoms with Crippen LogP contribution in [0.5, 0.6) is 0 Å². The molecule has 0 aromatic heterocycles. The number of aliphatic carboxylic acids is 1. The van der Waals surface area contributed by atoms with Crippen molar-refractivity contribution in [3.8, 4) is 0 Å². The molecule has 0 aromatic rings. The second kappa shape index (κ2) is 5.34. The van der Waals surface area contributed by atoms with Crippen molar-refractivity contribution in [3.63, 3.8) is 0 Å². The molecule has 2 rings (SSSR count). The van der Waals surface area contributed by atoms with Crippen molar-refractivity contribution in [1.29, 1.82) is 0 Å². The maximum atomic E-state index is 12.4. The van der Waals surface area contributed by atoms with Gasteiger partial charge in [0.05, 0.1) is 31.9 Å². The number of carboxylic acid groups (broad SMARTS) is 1. The molecule has 2 fully saturated rings. The van der Waals surface area contributed by atoms with Crippen LogP contribution < -0.4 is 0 Å². The molecule has 1 N–H and O–H groups in total. The van der Waals surface area contributed by atoms with Gasteiger partial charge in [0.2, 0.25) is 0 Å². The number of rotatable bonds is 1. The van der Waals surface area contributed by atoms with Gasteiger partial charge in [0, 0.05) is 13.1 Å². The zero-order valence-corrected chi connectivity index (χ0v) is 11.3. The highest BCUT2D eigenvalue weighted by molar-refractivity contribution is 5.77. The fourth-order valence-corrected chi connectivity index (χ4v) is 2.35. The summed E-state index contributed by atoms with van der Waals surface area (Å²) in [5.41, 5.74) is -0.355. The molecule has 0 bridgehead atoms. The van der Waals surface area contributed by atoms with Gasteiger partial charge in [-0.25, -0.2) is 9.59 Å². The molecule has 1 atom stereocenters. The number of carbonyl (C=O) groups excluding carboxylic acids is 1. The zero-order valence-electron chi connectivity index (χ0n) is 11.3. The predicted molar refractivity (Wildman–Crippen MR) is 65.9 cm³/mol. The molecule has 2 aliphatic rings. The second-order valence-electron chi connectivity index (χ2n) is 5.46. The van der Waals surface area contributed by atoms with Crippen molar-refractivity contribution in [2.24, 2.45) is 0 Å². The van der Waals surface area contributed by atoms with Crippen molar-refractivity contribution in [3.05, 3.63) is 0 Å². The van der Waals surface area contributed by atoms with Gasteiger partial charge in [-0.2, -0.15) is 0 Å². The summed E-state index contributed by atoms with van der Waals surface area (Å²) in [7, 11) is 0. The number of carbonyl (C=O) groups is 2. The maximum Gasteiger partial charge on any atom is 0.334 e. The van der Waals surface area contributed by atoms with E-state index in [1.165, 1.54) is 0 Å². The summed E-state index contributed by atoms with van der Waals surface area (Å²) >= 11 is 0. The number of urea groups is 1. The highest BCUT2D eigenvalue weighted by Crippen LogP contribution is 2.18. The summed E-state index contributed by atoms with van der Waals surface area (Å²) < 4.78 is 10.7. The molecular weight excluding hydrogens is 252 g/mol. The van der Waals surface area contributed by atoms with E-state index in [1.807, 2.05) is 13.8 Å². The highest BCUT2D eigenvalue weighted by Gasteiger charge is 2.35. The predicted octanol–water partition coefficient (Wildman–Crippen LogP) is 0.00260. The van der Waals surface area contributed by atoms with Crippen LogP contribution >= 0.6 is 0 Å². The molecular formula is C12H20N2O5. The minimum Gasteiger partial charge on any atom is -0.479 e. The monoisotopic (exact) mass is 272 g/mol. The minimum atomic E-state index is -1.03. The Morgan fingerprint density at radius 2 is 1.89 bits per heavy atom. The first-order valence-corrected chi connectivity index (χ1v) is 6.41. The van der Waals surface area contributed by atoms with E-state index >= 15 is 0 Å². The molecule has 108 valence electrons. The van der Waals surface area contributed by atoms with Gasteiger partial charge < -0.3 is 24.4 Å². The highest BCUT2D eigenvalue weighted by atomic mass is 16.5. The van der Waals surface area contributed by atoms with Gasteiger partial charge in [-0.1, -0.05) is 0 Å². The summed E-state index contributed by atoms with van der Waals surface area (Å²) in [4.78, 5) is 26.5. The Kier molecular flexibility index (Phi) is 3.96. The van der Waals surface area contributed by atoms with Gasteiger partial charge in [-0.3, -0.25) is 0 Å². The van der Waals surface area contributed by atoms with Crippen LogP contribution in [0.2, 0.25) is 0 Å². The summed E-state index contributed by atoms with van der Waals surface area (Å²) in [6.07, 6.45) is -0.924. The molecule has 2 amide bonds. The van der Waals surface area contributed by atoms with Crippen molar-refractivity contribution in [1.82, 2.24) is 9.80 Å². The topological polar surface area (TPSA) is 79.3 Å². The van der Waals surface area contributed by atoms with Gasteiger partial charge in [-0.15, -0.1) is 0 Å². The summed E-state index contributed by atoms with van der Waals surface area (Å²) in [5.74, 6) is -1.03. The lowest BCUT2D eigenvalue weighted by Crippen LogP contribution is -2.57. The van der Waals surface area contributed by atoms with Gasteiger partial charge in [0.1, 0.15) is 0 Å². The quantitative estimate of drug-likeness (QED) is 0.727. The van der Waals surface area contributed by atoms with E-state index in [2.05, 4.69) is 0 Å². The second-order valence-corrected chi connectivity index (χ2v) is 5.46. The standard InChI is InChI=1S/C12H20N2O5/c1-12(2)8-14(4-6-19-12)11(17)13-3-5-18-9(7-13)10(15)16/h9H,3-8H2,1-2H3,(H,15,16). The number of carboxylic acids is 1. The summed E-state index contributed by atoms with van der Waals surface area (Å²) in [5, 5.41) is 8.93. The van der Waals surface area contributed by atoms with Gasteiger partial charge >= 0.3 is 12.0 Å². The Labute approximate surface area is 112 Å². The van der Waals surface area contributed by atoms with Gasteiger partial charge in [0.15, 0.2) is 6.10 Å². The van der Waals surface area contributed by atoms with Crippen LogP contribution in [0.15, 0.2) is 0 Å². The Hall–Kier alpha value is -1.34. The van der Waals surface area contributed by atoms with Crippen molar-refractivity contribution >= 4 is 12.0 Å². The molecule has 1 unspecified atom stereocenters. The van der Waals surface area contributed by atoms with Crippen LogP contribution in [0.3, 0.4) is 0 Å². The molecule has 2 aliphatic heterocycles. The van der Waals surface area contributed by atoms with Crippen LogP contribution in [-0.4, -0.2) is 78.0 Å². The molecule has 7 heteroatoms. The van der Waals surface area contributed by atoms with E-state index in [0.29, 0.717) is 26.2 Å². The molecule has 2 heterocycles. The summed E-state index contributed by atoms with van der Waals surface area (Å²) in [6.45, 7) is 6.23. The van der Waals surface area contributed by atoms with Crippen LogP contribution in [-0.2, 0) is 14.3 Å². The lowest BCUT2D eigenvalue weighted by molar-refractivity contribution is -0.155. The molecule has 0 aromatic carbocycles. The molecule has 2 saturated heterocycles. The average molecular weight is 272 g/mol. The number of amides is 2. The minimum absolute atomic E-state index is 0.103. The fraction of sp³-hybridized carbons (Fsp3) is 0.833. The lowest BCUT2D eigenvalue weighted by Gasteiger charge is -2.41. The number of hydrogen-bond acceptors (Lipinski definition) is 4. The number of ether oxygens (including phenoxy) is 2. The van der Waals surface area contributed by atoms with E-state index in [9.17, 15) is 9.59 Å². The van der Waals surface area contributed by atoms with Gasteiger partial charge in [-0.05, 0) is 13.8 Å².